The van der Waals surface area contributed by atoms with E-state index in [9.17, 15) is 17.6 Å². The minimum absolute atomic E-state index is 0.00284. The van der Waals surface area contributed by atoms with Gasteiger partial charge in [0.1, 0.15) is 5.82 Å². The fraction of sp³-hybridized carbons (Fsp3) is 0.273. The van der Waals surface area contributed by atoms with Crippen LogP contribution in [-0.4, -0.2) is 36.7 Å². The maximum Gasteiger partial charge on any atom is 0.259 e. The van der Waals surface area contributed by atoms with Gasteiger partial charge in [0.2, 0.25) is 10.0 Å². The van der Waals surface area contributed by atoms with Gasteiger partial charge in [-0.3, -0.25) is 10.1 Å². The molecule has 3 aromatic rings. The number of aryl methyl sites for hydroxylation is 1. The normalized spacial score (nSPS) is 11.7. The summed E-state index contributed by atoms with van der Waals surface area (Å²) in [4.78, 5) is 18.2. The molecule has 6 nitrogen and oxygen atoms in total. The standard InChI is InChI=1S/C22H23ClFN3O3S2/c1-4-27(5-2)32(29,30)17-10-11-19(23)18(13-17)21(28)26-22-25-14(3)20(31-22)12-15-6-8-16(24)9-7-15/h6-11,13H,4-5,12H2,1-3H3,(H,25,26,28). The summed E-state index contributed by atoms with van der Waals surface area (Å²) in [5.74, 6) is -0.849. The highest BCUT2D eigenvalue weighted by molar-refractivity contribution is 7.89. The van der Waals surface area contributed by atoms with Crippen LogP contribution in [-0.2, 0) is 16.4 Å². The Kier molecular flexibility index (Phi) is 7.66. The van der Waals surface area contributed by atoms with E-state index >= 15 is 0 Å². The van der Waals surface area contributed by atoms with E-state index in [1.165, 1.54) is 46.0 Å². The Hall–Kier alpha value is -2.33. The van der Waals surface area contributed by atoms with Crippen LogP contribution in [0.3, 0.4) is 0 Å². The van der Waals surface area contributed by atoms with E-state index in [-0.39, 0.29) is 21.3 Å². The van der Waals surface area contributed by atoms with Crippen LogP contribution >= 0.6 is 22.9 Å². The molecule has 0 saturated heterocycles. The number of nitrogens with zero attached hydrogens (tertiary/aromatic N) is 2. The molecule has 0 aliphatic heterocycles. The van der Waals surface area contributed by atoms with Crippen molar-refractivity contribution in [1.82, 2.24) is 9.29 Å². The van der Waals surface area contributed by atoms with Crippen LogP contribution in [0.4, 0.5) is 9.52 Å². The lowest BCUT2D eigenvalue weighted by atomic mass is 10.1. The molecule has 32 heavy (non-hydrogen) atoms. The second-order valence-electron chi connectivity index (χ2n) is 7.02. The number of thiazole rings is 1. The molecule has 0 fully saturated rings. The molecule has 0 radical (unpaired) electrons. The van der Waals surface area contributed by atoms with Crippen LogP contribution in [0.5, 0.6) is 0 Å². The van der Waals surface area contributed by atoms with Crippen molar-refractivity contribution < 1.29 is 17.6 Å². The number of carbonyl (C=O) groups is 1. The molecule has 1 aromatic heterocycles. The fourth-order valence-electron chi connectivity index (χ4n) is 3.15. The molecule has 1 amide bonds. The second-order valence-corrected chi connectivity index (χ2v) is 10.4. The Labute approximate surface area is 196 Å². The van der Waals surface area contributed by atoms with Crippen molar-refractivity contribution in [3.05, 3.63) is 75.0 Å². The van der Waals surface area contributed by atoms with Gasteiger partial charge in [0.25, 0.3) is 5.91 Å². The molecule has 1 N–H and O–H groups in total. The van der Waals surface area contributed by atoms with E-state index in [0.29, 0.717) is 24.6 Å². The number of carbonyl (C=O) groups excluding carboxylic acids is 1. The van der Waals surface area contributed by atoms with Crippen LogP contribution in [0.25, 0.3) is 0 Å². The molecule has 1 heterocycles. The predicted molar refractivity (Wildman–Crippen MR) is 126 cm³/mol. The lowest BCUT2D eigenvalue weighted by Crippen LogP contribution is -2.30. The average molecular weight is 496 g/mol. The van der Waals surface area contributed by atoms with E-state index in [4.69, 9.17) is 11.6 Å². The Morgan fingerprint density at radius 3 is 2.44 bits per heavy atom. The van der Waals surface area contributed by atoms with Gasteiger partial charge in [0, 0.05) is 24.4 Å². The van der Waals surface area contributed by atoms with Gasteiger partial charge < -0.3 is 0 Å². The number of hydrogen-bond donors (Lipinski definition) is 1. The molecule has 0 saturated carbocycles. The van der Waals surface area contributed by atoms with E-state index in [1.807, 2.05) is 6.92 Å². The summed E-state index contributed by atoms with van der Waals surface area (Å²) in [5.41, 5.74) is 1.72. The van der Waals surface area contributed by atoms with Crippen molar-refractivity contribution in [2.75, 3.05) is 18.4 Å². The zero-order chi connectivity index (χ0) is 23.5. The first kappa shape index (κ1) is 24.3. The van der Waals surface area contributed by atoms with E-state index < -0.39 is 15.9 Å². The van der Waals surface area contributed by atoms with Gasteiger partial charge in [-0.15, -0.1) is 11.3 Å². The third kappa shape index (κ3) is 5.35. The molecular weight excluding hydrogens is 473 g/mol. The zero-order valence-corrected chi connectivity index (χ0v) is 20.2. The smallest absolute Gasteiger partial charge is 0.259 e. The molecule has 0 aliphatic rings. The predicted octanol–water partition coefficient (Wildman–Crippen LogP) is 5.12. The van der Waals surface area contributed by atoms with Crippen LogP contribution in [0, 0.1) is 12.7 Å². The largest absolute Gasteiger partial charge is 0.298 e. The highest BCUT2D eigenvalue weighted by Gasteiger charge is 2.24. The lowest BCUT2D eigenvalue weighted by molar-refractivity contribution is 0.102. The molecule has 2 aromatic carbocycles. The van der Waals surface area contributed by atoms with Crippen LogP contribution < -0.4 is 5.32 Å². The second kappa shape index (κ2) is 10.1. The first-order valence-electron chi connectivity index (χ1n) is 9.97. The number of amides is 1. The number of hydrogen-bond acceptors (Lipinski definition) is 5. The number of halogens is 2. The molecule has 0 spiro atoms. The topological polar surface area (TPSA) is 79.4 Å². The van der Waals surface area contributed by atoms with Gasteiger partial charge in [-0.2, -0.15) is 4.31 Å². The Balaban J connectivity index is 1.82. The van der Waals surface area contributed by atoms with E-state index in [0.717, 1.165) is 16.1 Å². The molecule has 0 unspecified atom stereocenters. The molecule has 0 atom stereocenters. The highest BCUT2D eigenvalue weighted by atomic mass is 35.5. The van der Waals surface area contributed by atoms with E-state index in [1.54, 1.807) is 26.0 Å². The summed E-state index contributed by atoms with van der Waals surface area (Å²) >= 11 is 7.50. The molecule has 3 rings (SSSR count). The summed E-state index contributed by atoms with van der Waals surface area (Å²) in [7, 11) is -3.73. The zero-order valence-electron chi connectivity index (χ0n) is 17.9. The number of rotatable bonds is 8. The summed E-state index contributed by atoms with van der Waals surface area (Å²) in [6, 6.07) is 10.3. The average Bonchev–Trinajstić information content (AvgIpc) is 3.09. The number of anilines is 1. The van der Waals surface area contributed by atoms with Crippen molar-refractivity contribution >= 4 is 44.0 Å². The first-order valence-corrected chi connectivity index (χ1v) is 12.6. The van der Waals surface area contributed by atoms with Gasteiger partial charge in [-0.25, -0.2) is 17.8 Å². The maximum absolute atomic E-state index is 13.1. The summed E-state index contributed by atoms with van der Waals surface area (Å²) in [5, 5.41) is 3.22. The van der Waals surface area contributed by atoms with Crippen LogP contribution in [0.1, 0.15) is 40.3 Å². The van der Waals surface area contributed by atoms with Gasteiger partial charge in [-0.05, 0) is 42.8 Å². The van der Waals surface area contributed by atoms with Crippen molar-refractivity contribution in [1.29, 1.82) is 0 Å². The molecule has 170 valence electrons. The molecular formula is C22H23ClFN3O3S2. The quantitative estimate of drug-likeness (QED) is 0.470. The van der Waals surface area contributed by atoms with Crippen molar-refractivity contribution in [3.63, 3.8) is 0 Å². The highest BCUT2D eigenvalue weighted by Crippen LogP contribution is 2.28. The Bertz CT molecular complexity index is 1220. The van der Waals surface area contributed by atoms with Crippen LogP contribution in [0.2, 0.25) is 5.02 Å². The summed E-state index contributed by atoms with van der Waals surface area (Å²) < 4.78 is 40.0. The van der Waals surface area contributed by atoms with Crippen LogP contribution in [0.15, 0.2) is 47.4 Å². The van der Waals surface area contributed by atoms with Gasteiger partial charge in [0.05, 0.1) is 21.2 Å². The van der Waals surface area contributed by atoms with Gasteiger partial charge >= 0.3 is 0 Å². The third-order valence-corrected chi connectivity index (χ3v) is 8.37. The number of benzene rings is 2. The molecule has 10 heteroatoms. The van der Waals surface area contributed by atoms with Gasteiger partial charge in [0.15, 0.2) is 5.13 Å². The lowest BCUT2D eigenvalue weighted by Gasteiger charge is -2.19. The van der Waals surface area contributed by atoms with E-state index in [2.05, 4.69) is 10.3 Å². The van der Waals surface area contributed by atoms with Crippen molar-refractivity contribution in [2.24, 2.45) is 0 Å². The monoisotopic (exact) mass is 495 g/mol. The Morgan fingerprint density at radius 1 is 1.16 bits per heavy atom. The van der Waals surface area contributed by atoms with Crippen molar-refractivity contribution in [3.8, 4) is 0 Å². The summed E-state index contributed by atoms with van der Waals surface area (Å²) in [6.07, 6.45) is 0.554. The maximum atomic E-state index is 13.1. The Morgan fingerprint density at radius 2 is 1.81 bits per heavy atom. The minimum atomic E-state index is -3.73. The SMILES string of the molecule is CCN(CC)S(=O)(=O)c1ccc(Cl)c(C(=O)Nc2nc(C)c(Cc3ccc(F)cc3)s2)c1. The van der Waals surface area contributed by atoms with Crippen molar-refractivity contribution in [2.45, 2.75) is 32.1 Å². The van der Waals surface area contributed by atoms with Gasteiger partial charge in [-0.1, -0.05) is 37.6 Å². The third-order valence-electron chi connectivity index (χ3n) is 4.92. The molecule has 0 aliphatic carbocycles. The molecule has 0 bridgehead atoms. The number of nitrogens with one attached hydrogen (secondary N) is 1. The number of sulfonamides is 1. The fourth-order valence-corrected chi connectivity index (χ4v) is 5.83. The summed E-state index contributed by atoms with van der Waals surface area (Å²) in [6.45, 7) is 5.96. The number of aromatic nitrogens is 1. The minimum Gasteiger partial charge on any atom is -0.298 e. The first-order chi connectivity index (χ1) is 15.1.